The smallest absolute Gasteiger partial charge is 0.233 e. The molecular formula is C16H19FN2O2. The molecule has 2 fully saturated rings. The van der Waals surface area contributed by atoms with E-state index in [0.717, 1.165) is 19.3 Å². The molecule has 4 nitrogen and oxygen atoms in total. The lowest BCUT2D eigenvalue weighted by molar-refractivity contribution is -0.141. The number of hydrogen-bond donors (Lipinski definition) is 1. The summed E-state index contributed by atoms with van der Waals surface area (Å²) in [5.41, 5.74) is 6.46. The van der Waals surface area contributed by atoms with Gasteiger partial charge in [-0.15, -0.1) is 0 Å². The van der Waals surface area contributed by atoms with Gasteiger partial charge in [0.25, 0.3) is 0 Å². The zero-order valence-corrected chi connectivity index (χ0v) is 12.0. The summed E-state index contributed by atoms with van der Waals surface area (Å²) in [6.07, 6.45) is 2.61. The van der Waals surface area contributed by atoms with Crippen molar-refractivity contribution in [3.8, 4) is 0 Å². The van der Waals surface area contributed by atoms with E-state index < -0.39 is 5.82 Å². The molecule has 0 bridgehead atoms. The highest BCUT2D eigenvalue weighted by molar-refractivity contribution is 6.05. The van der Waals surface area contributed by atoms with Crippen molar-refractivity contribution in [2.24, 2.45) is 17.8 Å². The zero-order chi connectivity index (χ0) is 15.1. The summed E-state index contributed by atoms with van der Waals surface area (Å²) in [5, 5.41) is 0. The van der Waals surface area contributed by atoms with Gasteiger partial charge in [-0.1, -0.05) is 13.3 Å². The van der Waals surface area contributed by atoms with Crippen molar-refractivity contribution in [2.75, 3.05) is 5.73 Å². The van der Waals surface area contributed by atoms with Crippen LogP contribution < -0.4 is 5.73 Å². The van der Waals surface area contributed by atoms with Crippen LogP contribution in [-0.4, -0.2) is 16.7 Å². The van der Waals surface area contributed by atoms with Gasteiger partial charge < -0.3 is 5.73 Å². The number of nitrogens with zero attached hydrogens (tertiary/aromatic N) is 1. The van der Waals surface area contributed by atoms with Gasteiger partial charge in [-0.05, 0) is 42.5 Å². The summed E-state index contributed by atoms with van der Waals surface area (Å²) < 4.78 is 13.4. The second kappa shape index (κ2) is 5.13. The Kier molecular flexibility index (Phi) is 3.43. The van der Waals surface area contributed by atoms with Gasteiger partial charge in [0.05, 0.1) is 18.4 Å². The van der Waals surface area contributed by atoms with E-state index in [0.29, 0.717) is 17.2 Å². The Hall–Kier alpha value is -1.91. The molecule has 2 amide bonds. The Bertz CT molecular complexity index is 558. The number of fused-ring (bicyclic) bond motifs is 1. The lowest BCUT2D eigenvalue weighted by atomic mass is 10.00. The number of carbonyl (C=O) groups is 2. The van der Waals surface area contributed by atoms with Crippen LogP contribution in [0, 0.1) is 23.6 Å². The number of nitrogen functional groups attached to an aromatic ring is 1. The minimum Gasteiger partial charge on any atom is -0.399 e. The van der Waals surface area contributed by atoms with Crippen LogP contribution in [0.1, 0.15) is 31.7 Å². The van der Waals surface area contributed by atoms with Crippen molar-refractivity contribution in [1.29, 1.82) is 0 Å². The third-order valence-corrected chi connectivity index (χ3v) is 4.72. The van der Waals surface area contributed by atoms with Crippen molar-refractivity contribution in [3.63, 3.8) is 0 Å². The van der Waals surface area contributed by atoms with Crippen molar-refractivity contribution in [3.05, 3.63) is 29.6 Å². The summed E-state index contributed by atoms with van der Waals surface area (Å²) in [6.45, 7) is 2.21. The fourth-order valence-corrected chi connectivity index (χ4v) is 3.64. The average Bonchev–Trinajstić information content (AvgIpc) is 2.93. The first kappa shape index (κ1) is 14.0. The number of anilines is 1. The van der Waals surface area contributed by atoms with Gasteiger partial charge in [-0.25, -0.2) is 4.39 Å². The molecule has 112 valence electrons. The summed E-state index contributed by atoms with van der Waals surface area (Å²) in [6, 6.07) is 4.14. The van der Waals surface area contributed by atoms with E-state index in [-0.39, 0.29) is 30.2 Å². The van der Waals surface area contributed by atoms with Gasteiger partial charge in [0.15, 0.2) is 0 Å². The predicted octanol–water partition coefficient (Wildman–Crippen LogP) is 2.33. The van der Waals surface area contributed by atoms with Gasteiger partial charge in [-0.2, -0.15) is 0 Å². The lowest BCUT2D eigenvalue weighted by Crippen LogP contribution is -2.31. The number of hydrogen-bond acceptors (Lipinski definition) is 3. The number of carbonyl (C=O) groups excluding carboxylic acids is 2. The maximum Gasteiger partial charge on any atom is 0.233 e. The van der Waals surface area contributed by atoms with Crippen molar-refractivity contribution < 1.29 is 14.0 Å². The predicted molar refractivity (Wildman–Crippen MR) is 76.4 cm³/mol. The Morgan fingerprint density at radius 2 is 1.81 bits per heavy atom. The highest BCUT2D eigenvalue weighted by atomic mass is 19.1. The third kappa shape index (κ3) is 2.41. The van der Waals surface area contributed by atoms with E-state index in [1.807, 2.05) is 0 Å². The highest BCUT2D eigenvalue weighted by Crippen LogP contribution is 2.44. The summed E-state index contributed by atoms with van der Waals surface area (Å²) in [7, 11) is 0. The van der Waals surface area contributed by atoms with Crippen LogP contribution in [0.2, 0.25) is 0 Å². The molecule has 1 saturated carbocycles. The van der Waals surface area contributed by atoms with E-state index in [9.17, 15) is 14.0 Å². The van der Waals surface area contributed by atoms with Crippen LogP contribution in [0.4, 0.5) is 10.1 Å². The first-order valence-corrected chi connectivity index (χ1v) is 7.39. The van der Waals surface area contributed by atoms with E-state index in [2.05, 4.69) is 6.92 Å². The molecule has 0 radical (unpaired) electrons. The molecule has 2 aliphatic rings. The molecule has 1 heterocycles. The normalized spacial score (nSPS) is 28.3. The van der Waals surface area contributed by atoms with Gasteiger partial charge in [-0.3, -0.25) is 14.5 Å². The maximum atomic E-state index is 13.4. The SMILES string of the molecule is CCC1CC2C(=O)N(Cc3cc(N)cc(F)c3)C(=O)C2C1. The van der Waals surface area contributed by atoms with Gasteiger partial charge in [0.1, 0.15) is 5.82 Å². The average molecular weight is 290 g/mol. The number of rotatable bonds is 3. The van der Waals surface area contributed by atoms with E-state index >= 15 is 0 Å². The minimum atomic E-state index is -0.449. The summed E-state index contributed by atoms with van der Waals surface area (Å²) in [5.74, 6) is -0.538. The highest BCUT2D eigenvalue weighted by Gasteiger charge is 2.51. The fourth-order valence-electron chi connectivity index (χ4n) is 3.64. The van der Waals surface area contributed by atoms with Crippen LogP contribution in [0.5, 0.6) is 0 Å². The molecule has 5 heteroatoms. The Morgan fingerprint density at radius 1 is 1.19 bits per heavy atom. The molecule has 2 atom stereocenters. The Labute approximate surface area is 123 Å². The van der Waals surface area contributed by atoms with E-state index in [1.165, 1.54) is 17.0 Å². The summed E-state index contributed by atoms with van der Waals surface area (Å²) in [4.78, 5) is 26.1. The Balaban J connectivity index is 1.79. The van der Waals surface area contributed by atoms with Gasteiger partial charge in [0.2, 0.25) is 11.8 Å². The number of likely N-dealkylation sites (tertiary alicyclic amines) is 1. The molecule has 0 aromatic heterocycles. The van der Waals surface area contributed by atoms with E-state index in [1.54, 1.807) is 6.07 Å². The quantitative estimate of drug-likeness (QED) is 0.686. The molecule has 1 aromatic rings. The largest absolute Gasteiger partial charge is 0.399 e. The molecule has 0 spiro atoms. The van der Waals surface area contributed by atoms with Gasteiger partial charge in [0, 0.05) is 5.69 Å². The number of imide groups is 1. The number of benzene rings is 1. The number of halogens is 1. The van der Waals surface area contributed by atoms with Crippen LogP contribution in [0.15, 0.2) is 18.2 Å². The zero-order valence-electron chi connectivity index (χ0n) is 12.0. The number of nitrogens with two attached hydrogens (primary N) is 1. The minimum absolute atomic E-state index is 0.108. The molecular weight excluding hydrogens is 271 g/mol. The second-order valence-corrected chi connectivity index (χ2v) is 6.11. The molecule has 1 aromatic carbocycles. The van der Waals surface area contributed by atoms with Crippen LogP contribution in [-0.2, 0) is 16.1 Å². The molecule has 3 rings (SSSR count). The monoisotopic (exact) mass is 290 g/mol. The van der Waals surface area contributed by atoms with Crippen molar-refractivity contribution in [1.82, 2.24) is 4.90 Å². The fraction of sp³-hybridized carbons (Fsp3) is 0.500. The molecule has 2 N–H and O–H groups in total. The Morgan fingerprint density at radius 3 is 2.33 bits per heavy atom. The maximum absolute atomic E-state index is 13.4. The van der Waals surface area contributed by atoms with Crippen molar-refractivity contribution in [2.45, 2.75) is 32.7 Å². The topological polar surface area (TPSA) is 63.4 Å². The third-order valence-electron chi connectivity index (χ3n) is 4.72. The first-order chi connectivity index (χ1) is 9.99. The second-order valence-electron chi connectivity index (χ2n) is 6.11. The van der Waals surface area contributed by atoms with Crippen LogP contribution in [0.25, 0.3) is 0 Å². The van der Waals surface area contributed by atoms with E-state index in [4.69, 9.17) is 5.73 Å². The molecule has 2 unspecified atom stereocenters. The molecule has 1 aliphatic carbocycles. The lowest BCUT2D eigenvalue weighted by Gasteiger charge is -2.17. The standard InChI is InChI=1S/C16H19FN2O2/c1-2-9-5-13-14(6-9)16(21)19(15(13)20)8-10-3-11(17)7-12(18)4-10/h3-4,7,9,13-14H,2,5-6,8,18H2,1H3. The first-order valence-electron chi connectivity index (χ1n) is 7.39. The molecule has 1 saturated heterocycles. The molecule has 1 aliphatic heterocycles. The van der Waals surface area contributed by atoms with Gasteiger partial charge >= 0.3 is 0 Å². The van der Waals surface area contributed by atoms with Crippen molar-refractivity contribution >= 4 is 17.5 Å². The molecule has 21 heavy (non-hydrogen) atoms. The summed E-state index contributed by atoms with van der Waals surface area (Å²) >= 11 is 0. The van der Waals surface area contributed by atoms with Crippen LogP contribution >= 0.6 is 0 Å². The number of amides is 2. The van der Waals surface area contributed by atoms with Crippen LogP contribution in [0.3, 0.4) is 0 Å².